The molecule has 1 aromatic heterocycles. The van der Waals surface area contributed by atoms with Gasteiger partial charge in [0.1, 0.15) is 11.4 Å². The molecule has 0 fully saturated rings. The first kappa shape index (κ1) is 13.5. The summed E-state index contributed by atoms with van der Waals surface area (Å²) in [6.45, 7) is 1.72. The standard InChI is InChI=1S/C12H13N5O3/c1-7(11-14-4-5-15-11)16-12(18)9-6-8(13)2-3-10(9)17(19)20/h2-7H,13H2,1H3,(H,14,15)(H,16,18). The molecule has 8 nitrogen and oxygen atoms in total. The Labute approximate surface area is 114 Å². The molecule has 0 spiro atoms. The lowest BCUT2D eigenvalue weighted by Crippen LogP contribution is -2.28. The number of carbonyl (C=O) groups excluding carboxylic acids is 1. The molecule has 0 aliphatic heterocycles. The first-order valence-electron chi connectivity index (χ1n) is 5.83. The van der Waals surface area contributed by atoms with Crippen molar-refractivity contribution in [2.24, 2.45) is 0 Å². The Hall–Kier alpha value is -2.90. The van der Waals surface area contributed by atoms with Crippen LogP contribution in [0, 0.1) is 10.1 Å². The summed E-state index contributed by atoms with van der Waals surface area (Å²) in [6, 6.07) is 3.47. The Morgan fingerprint density at radius 3 is 2.90 bits per heavy atom. The van der Waals surface area contributed by atoms with E-state index in [1.165, 1.54) is 18.2 Å². The molecule has 1 amide bonds. The summed E-state index contributed by atoms with van der Waals surface area (Å²) in [5.41, 5.74) is 5.49. The van der Waals surface area contributed by atoms with Gasteiger partial charge in [0, 0.05) is 24.1 Å². The highest BCUT2D eigenvalue weighted by molar-refractivity contribution is 5.99. The number of anilines is 1. The van der Waals surface area contributed by atoms with Gasteiger partial charge < -0.3 is 16.0 Å². The van der Waals surface area contributed by atoms with E-state index in [-0.39, 0.29) is 16.9 Å². The number of benzene rings is 1. The molecule has 0 aliphatic rings. The number of hydrogen-bond acceptors (Lipinski definition) is 5. The third kappa shape index (κ3) is 2.74. The molecular formula is C12H13N5O3. The van der Waals surface area contributed by atoms with Gasteiger partial charge in [-0.1, -0.05) is 0 Å². The molecule has 1 aromatic carbocycles. The highest BCUT2D eigenvalue weighted by Crippen LogP contribution is 2.22. The number of rotatable bonds is 4. The number of aromatic nitrogens is 2. The van der Waals surface area contributed by atoms with Crippen LogP contribution in [0.1, 0.15) is 29.1 Å². The van der Waals surface area contributed by atoms with Gasteiger partial charge in [-0.05, 0) is 19.1 Å². The fraction of sp³-hybridized carbons (Fsp3) is 0.167. The Morgan fingerprint density at radius 2 is 2.30 bits per heavy atom. The first-order chi connectivity index (χ1) is 9.49. The summed E-state index contributed by atoms with van der Waals surface area (Å²) in [6.07, 6.45) is 3.18. The largest absolute Gasteiger partial charge is 0.399 e. The maximum atomic E-state index is 12.1. The van der Waals surface area contributed by atoms with Gasteiger partial charge in [-0.25, -0.2) is 4.98 Å². The van der Waals surface area contributed by atoms with E-state index in [0.29, 0.717) is 5.82 Å². The van der Waals surface area contributed by atoms with Crippen molar-refractivity contribution >= 4 is 17.3 Å². The molecule has 8 heteroatoms. The summed E-state index contributed by atoms with van der Waals surface area (Å²) >= 11 is 0. The molecule has 2 rings (SSSR count). The number of nitrogens with one attached hydrogen (secondary N) is 2. The van der Waals surface area contributed by atoms with Crippen molar-refractivity contribution in [3.8, 4) is 0 Å². The van der Waals surface area contributed by atoms with Crippen LogP contribution >= 0.6 is 0 Å². The maximum Gasteiger partial charge on any atom is 0.282 e. The first-order valence-corrected chi connectivity index (χ1v) is 5.83. The lowest BCUT2D eigenvalue weighted by atomic mass is 10.1. The quantitative estimate of drug-likeness (QED) is 0.441. The van der Waals surface area contributed by atoms with Crippen molar-refractivity contribution in [3.63, 3.8) is 0 Å². The molecule has 2 aromatic rings. The molecule has 0 aliphatic carbocycles. The topological polar surface area (TPSA) is 127 Å². The highest BCUT2D eigenvalue weighted by Gasteiger charge is 2.22. The van der Waals surface area contributed by atoms with E-state index in [4.69, 9.17) is 5.73 Å². The van der Waals surface area contributed by atoms with Crippen LogP contribution in [-0.4, -0.2) is 20.8 Å². The Balaban J connectivity index is 2.25. The molecule has 1 heterocycles. The van der Waals surface area contributed by atoms with Crippen LogP contribution in [0.2, 0.25) is 0 Å². The summed E-state index contributed by atoms with van der Waals surface area (Å²) in [7, 11) is 0. The van der Waals surface area contributed by atoms with E-state index < -0.39 is 16.9 Å². The number of nitrogens with zero attached hydrogens (tertiary/aromatic N) is 2. The van der Waals surface area contributed by atoms with Gasteiger partial charge in [0.25, 0.3) is 11.6 Å². The lowest BCUT2D eigenvalue weighted by molar-refractivity contribution is -0.385. The zero-order chi connectivity index (χ0) is 14.7. The number of aromatic amines is 1. The summed E-state index contributed by atoms with van der Waals surface area (Å²) in [5.74, 6) is -0.0159. The van der Waals surface area contributed by atoms with Gasteiger partial charge in [0.15, 0.2) is 0 Å². The fourth-order valence-corrected chi connectivity index (χ4v) is 1.75. The number of imidazole rings is 1. The van der Waals surface area contributed by atoms with E-state index in [1.54, 1.807) is 19.3 Å². The fourth-order valence-electron chi connectivity index (χ4n) is 1.75. The Morgan fingerprint density at radius 1 is 1.55 bits per heavy atom. The van der Waals surface area contributed by atoms with Crippen molar-refractivity contribution in [1.82, 2.24) is 15.3 Å². The van der Waals surface area contributed by atoms with Gasteiger partial charge in [0.05, 0.1) is 11.0 Å². The monoisotopic (exact) mass is 275 g/mol. The maximum absolute atomic E-state index is 12.1. The number of hydrogen-bond donors (Lipinski definition) is 3. The molecule has 4 N–H and O–H groups in total. The number of nitrogen functional groups attached to an aromatic ring is 1. The minimum atomic E-state index is -0.619. The van der Waals surface area contributed by atoms with Crippen LogP contribution in [0.4, 0.5) is 11.4 Å². The number of carbonyl (C=O) groups is 1. The number of nitro groups is 1. The summed E-state index contributed by atoms with van der Waals surface area (Å²) in [4.78, 5) is 29.3. The van der Waals surface area contributed by atoms with Crippen LogP contribution in [-0.2, 0) is 0 Å². The average Bonchev–Trinajstić information content (AvgIpc) is 2.92. The van der Waals surface area contributed by atoms with Crippen LogP contribution in [0.5, 0.6) is 0 Å². The third-order valence-electron chi connectivity index (χ3n) is 2.74. The number of nitro benzene ring substituents is 1. The number of H-pyrrole nitrogens is 1. The molecule has 0 saturated carbocycles. The van der Waals surface area contributed by atoms with Crippen molar-refractivity contribution in [1.29, 1.82) is 0 Å². The van der Waals surface area contributed by atoms with Gasteiger partial charge in [-0.2, -0.15) is 0 Å². The molecule has 1 atom stereocenters. The second-order valence-corrected chi connectivity index (χ2v) is 4.20. The molecule has 0 radical (unpaired) electrons. The molecule has 104 valence electrons. The minimum absolute atomic E-state index is 0.0755. The third-order valence-corrected chi connectivity index (χ3v) is 2.74. The van der Waals surface area contributed by atoms with Gasteiger partial charge in [-0.3, -0.25) is 14.9 Å². The predicted octanol–water partition coefficient (Wildman–Crippen LogP) is 1.39. The number of nitrogens with two attached hydrogens (primary N) is 1. The molecular weight excluding hydrogens is 262 g/mol. The smallest absolute Gasteiger partial charge is 0.282 e. The van der Waals surface area contributed by atoms with E-state index >= 15 is 0 Å². The van der Waals surface area contributed by atoms with E-state index in [2.05, 4.69) is 15.3 Å². The SMILES string of the molecule is CC(NC(=O)c1cc(N)ccc1[N+](=O)[O-])c1ncc[nH]1. The summed E-state index contributed by atoms with van der Waals surface area (Å²) < 4.78 is 0. The second kappa shape index (κ2) is 5.39. The molecule has 20 heavy (non-hydrogen) atoms. The zero-order valence-corrected chi connectivity index (χ0v) is 10.7. The molecule has 0 saturated heterocycles. The van der Waals surface area contributed by atoms with Crippen LogP contribution in [0.15, 0.2) is 30.6 Å². The van der Waals surface area contributed by atoms with Crippen molar-refractivity contribution in [3.05, 3.63) is 52.1 Å². The van der Waals surface area contributed by atoms with E-state index in [0.717, 1.165) is 0 Å². The Kier molecular flexibility index (Phi) is 3.65. The zero-order valence-electron chi connectivity index (χ0n) is 10.7. The average molecular weight is 275 g/mol. The number of amides is 1. The second-order valence-electron chi connectivity index (χ2n) is 4.20. The predicted molar refractivity (Wildman–Crippen MR) is 72.0 cm³/mol. The van der Waals surface area contributed by atoms with Gasteiger partial charge >= 0.3 is 0 Å². The van der Waals surface area contributed by atoms with Gasteiger partial charge in [0.2, 0.25) is 0 Å². The van der Waals surface area contributed by atoms with Gasteiger partial charge in [-0.15, -0.1) is 0 Å². The van der Waals surface area contributed by atoms with E-state index in [9.17, 15) is 14.9 Å². The molecule has 1 unspecified atom stereocenters. The van der Waals surface area contributed by atoms with Crippen molar-refractivity contribution in [2.75, 3.05) is 5.73 Å². The van der Waals surface area contributed by atoms with Crippen LogP contribution in [0.25, 0.3) is 0 Å². The van der Waals surface area contributed by atoms with Crippen molar-refractivity contribution < 1.29 is 9.72 Å². The van der Waals surface area contributed by atoms with Crippen molar-refractivity contribution in [2.45, 2.75) is 13.0 Å². The highest BCUT2D eigenvalue weighted by atomic mass is 16.6. The summed E-state index contributed by atoms with van der Waals surface area (Å²) in [5, 5.41) is 13.5. The van der Waals surface area contributed by atoms with E-state index in [1.807, 2.05) is 0 Å². The van der Waals surface area contributed by atoms with Crippen LogP contribution in [0.3, 0.4) is 0 Å². The Bertz CT molecular complexity index is 639. The minimum Gasteiger partial charge on any atom is -0.399 e. The normalized spacial score (nSPS) is 11.8. The molecule has 0 bridgehead atoms. The van der Waals surface area contributed by atoms with Crippen LogP contribution < -0.4 is 11.1 Å². The lowest BCUT2D eigenvalue weighted by Gasteiger charge is -2.11.